The Morgan fingerprint density at radius 2 is 0.917 bits per heavy atom. The summed E-state index contributed by atoms with van der Waals surface area (Å²) in [7, 11) is 0. The van der Waals surface area contributed by atoms with E-state index >= 15 is 0 Å². The summed E-state index contributed by atoms with van der Waals surface area (Å²) in [4.78, 5) is 0. The Kier molecular flexibility index (Phi) is 2.32. The van der Waals surface area contributed by atoms with Gasteiger partial charge < -0.3 is 0 Å². The van der Waals surface area contributed by atoms with E-state index in [2.05, 4.69) is 15.3 Å². The van der Waals surface area contributed by atoms with Crippen molar-refractivity contribution in [1.82, 2.24) is 0 Å². The SMILES string of the molecule is N=Nc1cc(N=N)cc(N=N)c1. The van der Waals surface area contributed by atoms with Gasteiger partial charge in [-0.2, -0.15) is 15.3 Å². The Balaban J connectivity index is 3.26. The van der Waals surface area contributed by atoms with Gasteiger partial charge in [-0.15, -0.1) is 0 Å². The molecule has 6 heteroatoms. The van der Waals surface area contributed by atoms with E-state index in [4.69, 9.17) is 16.6 Å². The molecule has 0 amide bonds. The van der Waals surface area contributed by atoms with Gasteiger partial charge in [0.15, 0.2) is 0 Å². The van der Waals surface area contributed by atoms with Crippen LogP contribution >= 0.6 is 0 Å². The molecule has 1 rings (SSSR count). The zero-order valence-corrected chi connectivity index (χ0v) is 6.07. The fraction of sp³-hybridized carbons (Fsp3) is 0. The van der Waals surface area contributed by atoms with E-state index in [1.54, 1.807) is 0 Å². The quantitative estimate of drug-likeness (QED) is 0.563. The normalized spacial score (nSPS) is 9.00. The molecule has 12 heavy (non-hydrogen) atoms. The van der Waals surface area contributed by atoms with Gasteiger partial charge in [0.25, 0.3) is 0 Å². The van der Waals surface area contributed by atoms with Crippen molar-refractivity contribution < 1.29 is 0 Å². The van der Waals surface area contributed by atoms with E-state index in [-0.39, 0.29) is 0 Å². The fourth-order valence-corrected chi connectivity index (χ4v) is 0.773. The third-order valence-electron chi connectivity index (χ3n) is 1.27. The minimum absolute atomic E-state index is 0.342. The first-order chi connectivity index (χ1) is 5.80. The Bertz CT molecular complexity index is 266. The number of hydrogen-bond acceptors (Lipinski definition) is 6. The lowest BCUT2D eigenvalue weighted by atomic mass is 10.2. The van der Waals surface area contributed by atoms with Crippen molar-refractivity contribution in [2.24, 2.45) is 15.3 Å². The molecule has 0 saturated carbocycles. The van der Waals surface area contributed by atoms with Crippen molar-refractivity contribution in [3.8, 4) is 0 Å². The van der Waals surface area contributed by atoms with E-state index in [1.165, 1.54) is 18.2 Å². The van der Waals surface area contributed by atoms with Crippen molar-refractivity contribution >= 4 is 17.1 Å². The summed E-state index contributed by atoms with van der Waals surface area (Å²) < 4.78 is 0. The van der Waals surface area contributed by atoms with Crippen molar-refractivity contribution in [3.63, 3.8) is 0 Å². The molecule has 0 aliphatic rings. The average molecular weight is 162 g/mol. The van der Waals surface area contributed by atoms with E-state index in [1.807, 2.05) is 0 Å². The second-order valence-corrected chi connectivity index (χ2v) is 2.04. The van der Waals surface area contributed by atoms with Crippen LogP contribution in [0.1, 0.15) is 0 Å². The van der Waals surface area contributed by atoms with Gasteiger partial charge in [-0.3, -0.25) is 0 Å². The van der Waals surface area contributed by atoms with Crippen molar-refractivity contribution in [3.05, 3.63) is 18.2 Å². The molecule has 6 nitrogen and oxygen atoms in total. The van der Waals surface area contributed by atoms with Crippen LogP contribution in [-0.2, 0) is 0 Å². The van der Waals surface area contributed by atoms with Gasteiger partial charge in [-0.1, -0.05) is 0 Å². The van der Waals surface area contributed by atoms with Gasteiger partial charge in [-0.05, 0) is 18.2 Å². The highest BCUT2D eigenvalue weighted by molar-refractivity contribution is 5.59. The molecular formula is C6H6N6. The summed E-state index contributed by atoms with van der Waals surface area (Å²) in [6.07, 6.45) is 0. The number of benzene rings is 1. The predicted octanol–water partition coefficient (Wildman–Crippen LogP) is 3.67. The minimum Gasteiger partial charge on any atom is -0.204 e. The molecule has 0 bridgehead atoms. The summed E-state index contributed by atoms with van der Waals surface area (Å²) >= 11 is 0. The van der Waals surface area contributed by atoms with Crippen LogP contribution in [0.2, 0.25) is 0 Å². The highest BCUT2D eigenvalue weighted by Crippen LogP contribution is 2.27. The van der Waals surface area contributed by atoms with Gasteiger partial charge in [0, 0.05) is 0 Å². The maximum atomic E-state index is 6.71. The molecule has 0 aliphatic carbocycles. The van der Waals surface area contributed by atoms with Crippen LogP contribution in [0.15, 0.2) is 33.5 Å². The number of nitrogens with zero attached hydrogens (tertiary/aromatic N) is 3. The third-order valence-corrected chi connectivity index (χ3v) is 1.27. The first-order valence-electron chi connectivity index (χ1n) is 3.07. The lowest BCUT2D eigenvalue weighted by Crippen LogP contribution is -1.65. The van der Waals surface area contributed by atoms with E-state index in [9.17, 15) is 0 Å². The van der Waals surface area contributed by atoms with E-state index < -0.39 is 0 Å². The minimum atomic E-state index is 0.342. The number of nitrogens with one attached hydrogen (secondary N) is 3. The van der Waals surface area contributed by atoms with Crippen LogP contribution in [0.5, 0.6) is 0 Å². The molecule has 0 fully saturated rings. The average Bonchev–Trinajstić information content (AvgIpc) is 2.16. The second kappa shape index (κ2) is 3.42. The van der Waals surface area contributed by atoms with Gasteiger partial charge in [0.05, 0.1) is 17.1 Å². The smallest absolute Gasteiger partial charge is 0.0894 e. The maximum Gasteiger partial charge on any atom is 0.0894 e. The molecule has 1 aromatic rings. The summed E-state index contributed by atoms with van der Waals surface area (Å²) in [5, 5.41) is 9.45. The Morgan fingerprint density at radius 3 is 1.08 bits per heavy atom. The zero-order chi connectivity index (χ0) is 8.97. The molecule has 60 valence electrons. The molecule has 0 atom stereocenters. The molecule has 0 aromatic heterocycles. The highest BCUT2D eigenvalue weighted by atomic mass is 15.0. The van der Waals surface area contributed by atoms with Crippen LogP contribution in [0.4, 0.5) is 17.1 Å². The van der Waals surface area contributed by atoms with Crippen LogP contribution in [0, 0.1) is 16.6 Å². The second-order valence-electron chi connectivity index (χ2n) is 2.04. The molecular weight excluding hydrogens is 156 g/mol. The number of rotatable bonds is 3. The molecule has 0 unspecified atom stereocenters. The zero-order valence-electron chi connectivity index (χ0n) is 6.07. The maximum absolute atomic E-state index is 6.71. The fourth-order valence-electron chi connectivity index (χ4n) is 0.773. The predicted molar refractivity (Wildman–Crippen MR) is 40.9 cm³/mol. The molecule has 1 aromatic carbocycles. The van der Waals surface area contributed by atoms with Crippen LogP contribution < -0.4 is 0 Å². The van der Waals surface area contributed by atoms with Gasteiger partial charge in [0.1, 0.15) is 0 Å². The third kappa shape index (κ3) is 1.54. The molecule has 0 aliphatic heterocycles. The van der Waals surface area contributed by atoms with Crippen LogP contribution in [-0.4, -0.2) is 0 Å². The first-order valence-corrected chi connectivity index (χ1v) is 3.07. The van der Waals surface area contributed by atoms with E-state index in [0.29, 0.717) is 17.1 Å². The largest absolute Gasteiger partial charge is 0.204 e. The highest BCUT2D eigenvalue weighted by Gasteiger charge is 1.97. The molecule has 3 N–H and O–H groups in total. The lowest BCUT2D eigenvalue weighted by molar-refractivity contribution is 1.10. The van der Waals surface area contributed by atoms with Gasteiger partial charge in [0.2, 0.25) is 0 Å². The molecule has 0 radical (unpaired) electrons. The Morgan fingerprint density at radius 1 is 0.667 bits per heavy atom. The number of hydrogen-bond donors (Lipinski definition) is 3. The van der Waals surface area contributed by atoms with Gasteiger partial charge >= 0.3 is 0 Å². The monoisotopic (exact) mass is 162 g/mol. The summed E-state index contributed by atoms with van der Waals surface area (Å²) in [6.45, 7) is 0. The van der Waals surface area contributed by atoms with E-state index in [0.717, 1.165) is 0 Å². The van der Waals surface area contributed by atoms with Crippen molar-refractivity contribution in [1.29, 1.82) is 16.6 Å². The van der Waals surface area contributed by atoms with Crippen LogP contribution in [0.25, 0.3) is 0 Å². The lowest BCUT2D eigenvalue weighted by Gasteiger charge is -1.95. The van der Waals surface area contributed by atoms with Gasteiger partial charge in [-0.25, -0.2) is 16.6 Å². The molecule has 0 spiro atoms. The van der Waals surface area contributed by atoms with Crippen molar-refractivity contribution in [2.45, 2.75) is 0 Å². The molecule has 0 heterocycles. The van der Waals surface area contributed by atoms with Crippen molar-refractivity contribution in [2.75, 3.05) is 0 Å². The summed E-state index contributed by atoms with van der Waals surface area (Å²) in [5.41, 5.74) is 21.1. The topological polar surface area (TPSA) is 109 Å². The first kappa shape index (κ1) is 8.12. The molecule has 0 saturated heterocycles. The summed E-state index contributed by atoms with van der Waals surface area (Å²) in [5.74, 6) is 0. The summed E-state index contributed by atoms with van der Waals surface area (Å²) in [6, 6.07) is 4.40. The Hall–Kier alpha value is -1.98. The van der Waals surface area contributed by atoms with Crippen LogP contribution in [0.3, 0.4) is 0 Å². The standard InChI is InChI=1S/C6H6N6/c7-10-4-1-5(11-8)3-6(2-4)12-9/h1-3,7-9H. The Labute approximate surface area is 68.1 Å².